The zero-order chi connectivity index (χ0) is 23.5. The Bertz CT molecular complexity index is 1220. The second kappa shape index (κ2) is 9.93. The van der Waals surface area contributed by atoms with E-state index in [0.717, 1.165) is 40.2 Å². The van der Waals surface area contributed by atoms with E-state index in [9.17, 15) is 4.79 Å². The summed E-state index contributed by atoms with van der Waals surface area (Å²) in [6.45, 7) is 8.70. The van der Waals surface area contributed by atoms with E-state index >= 15 is 0 Å². The van der Waals surface area contributed by atoms with Gasteiger partial charge in [0.2, 0.25) is 0 Å². The fourth-order valence-electron chi connectivity index (χ4n) is 3.73. The monoisotopic (exact) mass is 477 g/mol. The molecule has 2 heterocycles. The normalized spacial score (nSPS) is 16.0. The molecule has 0 bridgehead atoms. The van der Waals surface area contributed by atoms with E-state index in [-0.39, 0.29) is 11.9 Å². The van der Waals surface area contributed by atoms with Gasteiger partial charge in [-0.15, -0.1) is 0 Å². The Morgan fingerprint density at radius 3 is 2.61 bits per heavy atom. The third-order valence-electron chi connectivity index (χ3n) is 5.65. The summed E-state index contributed by atoms with van der Waals surface area (Å²) < 4.78 is 8.16. The van der Waals surface area contributed by atoms with Gasteiger partial charge in [0.25, 0.3) is 5.91 Å². The van der Waals surface area contributed by atoms with Gasteiger partial charge in [-0.1, -0.05) is 49.1 Å². The number of aryl methyl sites for hydroxylation is 1. The van der Waals surface area contributed by atoms with Gasteiger partial charge in [0.15, 0.2) is 0 Å². The lowest BCUT2D eigenvalue weighted by Gasteiger charge is -2.21. The Labute approximate surface area is 204 Å². The highest BCUT2D eigenvalue weighted by atomic mass is 32.2. The van der Waals surface area contributed by atoms with Gasteiger partial charge >= 0.3 is 0 Å². The van der Waals surface area contributed by atoms with Gasteiger partial charge in [-0.2, -0.15) is 5.10 Å². The Hall–Kier alpha value is -2.90. The predicted octanol–water partition coefficient (Wildman–Crippen LogP) is 6.25. The Morgan fingerprint density at radius 2 is 1.94 bits per heavy atom. The third kappa shape index (κ3) is 4.75. The molecular weight excluding hydrogens is 450 g/mol. The number of para-hydroxylation sites is 1. The molecular formula is C26H27N3O2S2. The van der Waals surface area contributed by atoms with Crippen molar-refractivity contribution in [3.63, 3.8) is 0 Å². The van der Waals surface area contributed by atoms with Gasteiger partial charge in [-0.3, -0.25) is 9.69 Å². The number of hydrogen-bond acceptors (Lipinski definition) is 5. The Morgan fingerprint density at radius 1 is 1.18 bits per heavy atom. The van der Waals surface area contributed by atoms with E-state index < -0.39 is 0 Å². The number of rotatable bonds is 7. The fourth-order valence-corrected chi connectivity index (χ4v) is 5.18. The van der Waals surface area contributed by atoms with Crippen LogP contribution >= 0.6 is 24.0 Å². The van der Waals surface area contributed by atoms with Crippen LogP contribution in [0.5, 0.6) is 5.75 Å². The standard InChI is InChI=1S/C26H27N3O2S2/c1-5-18(4)29-25(30)23(33-26(29)32)15-20-16-28(21-10-8-7-9-11-21)27-24(20)19-12-13-22(31-6-2)17(3)14-19/h7-16,18H,5-6H2,1-4H3. The highest BCUT2D eigenvalue weighted by Gasteiger charge is 2.35. The maximum Gasteiger partial charge on any atom is 0.266 e. The van der Waals surface area contributed by atoms with Crippen molar-refractivity contribution in [3.8, 4) is 22.7 Å². The zero-order valence-electron chi connectivity index (χ0n) is 19.2. The van der Waals surface area contributed by atoms with E-state index in [1.54, 1.807) is 4.90 Å². The fraction of sp³-hybridized carbons (Fsp3) is 0.269. The van der Waals surface area contributed by atoms with Gasteiger partial charge in [0, 0.05) is 23.4 Å². The van der Waals surface area contributed by atoms with E-state index in [2.05, 4.69) is 13.0 Å². The molecule has 170 valence electrons. The number of ether oxygens (including phenoxy) is 1. The minimum absolute atomic E-state index is 0.0411. The van der Waals surface area contributed by atoms with E-state index in [1.807, 2.05) is 80.2 Å². The van der Waals surface area contributed by atoms with Crippen molar-refractivity contribution < 1.29 is 9.53 Å². The first-order chi connectivity index (χ1) is 15.9. The van der Waals surface area contributed by atoms with Crippen molar-refractivity contribution in [1.82, 2.24) is 14.7 Å². The molecule has 4 rings (SSSR count). The molecule has 5 nitrogen and oxygen atoms in total. The molecule has 33 heavy (non-hydrogen) atoms. The molecule has 7 heteroatoms. The number of thiocarbonyl (C=S) groups is 1. The van der Waals surface area contributed by atoms with Crippen LogP contribution in [0.4, 0.5) is 0 Å². The molecule has 0 saturated carbocycles. The summed E-state index contributed by atoms with van der Waals surface area (Å²) >= 11 is 6.86. The second-order valence-corrected chi connectivity index (χ2v) is 9.61. The minimum Gasteiger partial charge on any atom is -0.494 e. The summed E-state index contributed by atoms with van der Waals surface area (Å²) in [5.74, 6) is 0.820. The van der Waals surface area contributed by atoms with Crippen LogP contribution in [0.2, 0.25) is 0 Å². The first-order valence-electron chi connectivity index (χ1n) is 11.1. The summed E-state index contributed by atoms with van der Waals surface area (Å²) in [5.41, 5.74) is 4.63. The quantitative estimate of drug-likeness (QED) is 0.297. The molecule has 0 N–H and O–H groups in total. The molecule has 0 aliphatic carbocycles. The lowest BCUT2D eigenvalue weighted by Crippen LogP contribution is -2.36. The van der Waals surface area contributed by atoms with Gasteiger partial charge < -0.3 is 4.74 Å². The number of aromatic nitrogens is 2. The number of carbonyl (C=O) groups is 1. The molecule has 1 aromatic heterocycles. The summed E-state index contributed by atoms with van der Waals surface area (Å²) in [5, 5.41) is 4.89. The molecule has 3 aromatic rings. The van der Waals surface area contributed by atoms with Crippen molar-refractivity contribution in [3.05, 3.63) is 70.8 Å². The number of nitrogens with zero attached hydrogens (tertiary/aromatic N) is 3. The zero-order valence-corrected chi connectivity index (χ0v) is 20.9. The molecule has 1 aliphatic heterocycles. The number of hydrogen-bond donors (Lipinski definition) is 0. The molecule has 1 amide bonds. The average Bonchev–Trinajstić information content (AvgIpc) is 3.36. The molecule has 1 aliphatic rings. The van der Waals surface area contributed by atoms with Gasteiger partial charge in [-0.25, -0.2) is 4.68 Å². The van der Waals surface area contributed by atoms with Crippen LogP contribution in [0.3, 0.4) is 0 Å². The minimum atomic E-state index is -0.0411. The van der Waals surface area contributed by atoms with Crippen LogP contribution in [0.1, 0.15) is 38.3 Å². The largest absolute Gasteiger partial charge is 0.494 e. The van der Waals surface area contributed by atoms with Crippen molar-refractivity contribution in [1.29, 1.82) is 0 Å². The summed E-state index contributed by atoms with van der Waals surface area (Å²) in [7, 11) is 0. The lowest BCUT2D eigenvalue weighted by atomic mass is 10.0. The first-order valence-corrected chi connectivity index (χ1v) is 12.3. The van der Waals surface area contributed by atoms with Crippen LogP contribution in [0.25, 0.3) is 23.0 Å². The molecule has 2 aromatic carbocycles. The number of carbonyl (C=O) groups excluding carboxylic acids is 1. The van der Waals surface area contributed by atoms with Crippen LogP contribution in [0, 0.1) is 6.92 Å². The number of thioether (sulfide) groups is 1. The molecule has 1 fully saturated rings. The number of benzene rings is 2. The maximum absolute atomic E-state index is 13.1. The first kappa shape index (κ1) is 23.3. The molecule has 1 unspecified atom stereocenters. The summed E-state index contributed by atoms with van der Waals surface area (Å²) in [4.78, 5) is 15.5. The van der Waals surface area contributed by atoms with E-state index in [0.29, 0.717) is 15.8 Å². The van der Waals surface area contributed by atoms with Crippen molar-refractivity contribution in [2.75, 3.05) is 6.61 Å². The predicted molar refractivity (Wildman–Crippen MR) is 140 cm³/mol. The van der Waals surface area contributed by atoms with Gasteiger partial charge in [-0.05, 0) is 69.2 Å². The molecule has 1 saturated heterocycles. The van der Waals surface area contributed by atoms with E-state index in [1.165, 1.54) is 11.8 Å². The summed E-state index contributed by atoms with van der Waals surface area (Å²) in [6.07, 6.45) is 4.73. The lowest BCUT2D eigenvalue weighted by molar-refractivity contribution is -0.123. The number of amides is 1. The average molecular weight is 478 g/mol. The maximum atomic E-state index is 13.1. The van der Waals surface area contributed by atoms with Gasteiger partial charge in [0.1, 0.15) is 15.8 Å². The molecule has 1 atom stereocenters. The van der Waals surface area contributed by atoms with Crippen LogP contribution in [-0.2, 0) is 4.79 Å². The van der Waals surface area contributed by atoms with Crippen molar-refractivity contribution in [2.45, 2.75) is 40.2 Å². The SMILES string of the molecule is CCOc1ccc(-c2nn(-c3ccccc3)cc2C=C2SC(=S)N(C(C)CC)C2=O)cc1C. The molecule has 0 radical (unpaired) electrons. The second-order valence-electron chi connectivity index (χ2n) is 7.94. The van der Waals surface area contributed by atoms with Crippen LogP contribution in [0.15, 0.2) is 59.6 Å². The third-order valence-corrected chi connectivity index (χ3v) is 6.98. The molecule has 0 spiro atoms. The van der Waals surface area contributed by atoms with Gasteiger partial charge in [0.05, 0.1) is 17.2 Å². The highest BCUT2D eigenvalue weighted by Crippen LogP contribution is 2.37. The van der Waals surface area contributed by atoms with E-state index in [4.69, 9.17) is 22.1 Å². The van der Waals surface area contributed by atoms with Crippen LogP contribution < -0.4 is 4.74 Å². The Kier molecular flexibility index (Phi) is 7.00. The smallest absolute Gasteiger partial charge is 0.266 e. The van der Waals surface area contributed by atoms with Crippen molar-refractivity contribution >= 4 is 40.3 Å². The van der Waals surface area contributed by atoms with Crippen LogP contribution in [-0.4, -0.2) is 37.6 Å². The Balaban J connectivity index is 1.80. The topological polar surface area (TPSA) is 47.4 Å². The van der Waals surface area contributed by atoms with Crippen molar-refractivity contribution in [2.24, 2.45) is 0 Å². The summed E-state index contributed by atoms with van der Waals surface area (Å²) in [6, 6.07) is 16.1. The highest BCUT2D eigenvalue weighted by molar-refractivity contribution is 8.26.